The Bertz CT molecular complexity index is 565. The molecule has 0 aromatic carbocycles. The summed E-state index contributed by atoms with van der Waals surface area (Å²) in [5, 5.41) is 6.87. The van der Waals surface area contributed by atoms with Gasteiger partial charge in [-0.05, 0) is 18.2 Å². The van der Waals surface area contributed by atoms with Crippen molar-refractivity contribution in [3.8, 4) is 0 Å². The Labute approximate surface area is 110 Å². The first-order valence-electron chi connectivity index (χ1n) is 5.88. The van der Waals surface area contributed by atoms with E-state index < -0.39 is 0 Å². The van der Waals surface area contributed by atoms with Crippen molar-refractivity contribution in [1.82, 2.24) is 20.1 Å². The van der Waals surface area contributed by atoms with Gasteiger partial charge in [-0.25, -0.2) is 0 Å². The van der Waals surface area contributed by atoms with E-state index in [1.807, 2.05) is 13.1 Å². The topological polar surface area (TPSA) is 97.9 Å². The monoisotopic (exact) mass is 260 g/mol. The third-order valence-corrected chi connectivity index (χ3v) is 2.75. The quantitative estimate of drug-likeness (QED) is 0.522. The number of carbonyl (C=O) groups excluding carboxylic acids is 1. The number of hydrazine groups is 1. The Hall–Kier alpha value is -2.41. The van der Waals surface area contributed by atoms with E-state index in [1.165, 1.54) is 6.20 Å². The SMILES string of the molecule is Cn1nccc1CCNC(=O)c1cc(NN)ccn1. The summed E-state index contributed by atoms with van der Waals surface area (Å²) in [6.07, 6.45) is 3.98. The van der Waals surface area contributed by atoms with Crippen molar-refractivity contribution in [2.45, 2.75) is 6.42 Å². The summed E-state index contributed by atoms with van der Waals surface area (Å²) in [5.41, 5.74) is 4.52. The van der Waals surface area contributed by atoms with E-state index in [-0.39, 0.29) is 5.91 Å². The molecule has 0 aliphatic heterocycles. The number of nitrogens with zero attached hydrogens (tertiary/aromatic N) is 3. The van der Waals surface area contributed by atoms with Crippen LogP contribution in [0.15, 0.2) is 30.6 Å². The molecule has 0 saturated carbocycles. The van der Waals surface area contributed by atoms with Crippen LogP contribution in [0.5, 0.6) is 0 Å². The van der Waals surface area contributed by atoms with Gasteiger partial charge in [-0.1, -0.05) is 0 Å². The summed E-state index contributed by atoms with van der Waals surface area (Å²) in [4.78, 5) is 15.9. The van der Waals surface area contributed by atoms with Gasteiger partial charge in [-0.15, -0.1) is 0 Å². The van der Waals surface area contributed by atoms with Crippen molar-refractivity contribution in [1.29, 1.82) is 0 Å². The normalized spacial score (nSPS) is 10.2. The molecule has 0 spiro atoms. The first-order valence-corrected chi connectivity index (χ1v) is 5.88. The maximum Gasteiger partial charge on any atom is 0.269 e. The van der Waals surface area contributed by atoms with Gasteiger partial charge in [0.05, 0.1) is 5.69 Å². The average molecular weight is 260 g/mol. The van der Waals surface area contributed by atoms with Crippen LogP contribution in [-0.2, 0) is 13.5 Å². The van der Waals surface area contributed by atoms with E-state index in [0.29, 0.717) is 17.9 Å². The number of nitrogens with two attached hydrogens (primary N) is 1. The van der Waals surface area contributed by atoms with Crippen LogP contribution in [0.3, 0.4) is 0 Å². The van der Waals surface area contributed by atoms with Crippen molar-refractivity contribution in [3.05, 3.63) is 42.0 Å². The third-order valence-electron chi connectivity index (χ3n) is 2.75. The molecule has 2 aromatic rings. The zero-order chi connectivity index (χ0) is 13.7. The standard InChI is InChI=1S/C12H16N6O/c1-18-10(4-7-16-18)3-6-15-12(19)11-8-9(17-13)2-5-14-11/h2,4-5,7-8H,3,6,13H2,1H3,(H,14,17)(H,15,19). The molecular formula is C12H16N6O. The van der Waals surface area contributed by atoms with Gasteiger partial charge in [0.25, 0.3) is 5.91 Å². The second-order valence-electron chi connectivity index (χ2n) is 4.03. The molecule has 100 valence electrons. The van der Waals surface area contributed by atoms with Crippen LogP contribution in [0, 0.1) is 0 Å². The number of anilines is 1. The fourth-order valence-electron chi connectivity index (χ4n) is 1.69. The lowest BCUT2D eigenvalue weighted by Crippen LogP contribution is -2.27. The van der Waals surface area contributed by atoms with Gasteiger partial charge in [-0.3, -0.25) is 20.3 Å². The molecule has 7 heteroatoms. The summed E-state index contributed by atoms with van der Waals surface area (Å²) in [7, 11) is 1.87. The van der Waals surface area contributed by atoms with Crippen LogP contribution < -0.4 is 16.6 Å². The van der Waals surface area contributed by atoms with Crippen LogP contribution in [-0.4, -0.2) is 27.2 Å². The average Bonchev–Trinajstić information content (AvgIpc) is 2.84. The highest BCUT2D eigenvalue weighted by atomic mass is 16.1. The molecule has 19 heavy (non-hydrogen) atoms. The fourth-order valence-corrected chi connectivity index (χ4v) is 1.69. The molecule has 0 unspecified atom stereocenters. The lowest BCUT2D eigenvalue weighted by atomic mass is 10.3. The first kappa shape index (κ1) is 13.0. The van der Waals surface area contributed by atoms with Gasteiger partial charge in [0.2, 0.25) is 0 Å². The highest BCUT2D eigenvalue weighted by Crippen LogP contribution is 2.05. The smallest absolute Gasteiger partial charge is 0.269 e. The molecular weight excluding hydrogens is 244 g/mol. The summed E-state index contributed by atoms with van der Waals surface area (Å²) >= 11 is 0. The first-order chi connectivity index (χ1) is 9.20. The molecule has 0 aliphatic rings. The van der Waals surface area contributed by atoms with E-state index in [9.17, 15) is 4.79 Å². The zero-order valence-corrected chi connectivity index (χ0v) is 10.6. The van der Waals surface area contributed by atoms with Crippen molar-refractivity contribution in [2.24, 2.45) is 12.9 Å². The fraction of sp³-hybridized carbons (Fsp3) is 0.250. The van der Waals surface area contributed by atoms with E-state index in [0.717, 1.165) is 12.1 Å². The number of nitrogens with one attached hydrogen (secondary N) is 2. The van der Waals surface area contributed by atoms with Gasteiger partial charge >= 0.3 is 0 Å². The molecule has 2 aromatic heterocycles. The molecule has 7 nitrogen and oxygen atoms in total. The number of aryl methyl sites for hydroxylation is 1. The minimum absolute atomic E-state index is 0.223. The number of aromatic nitrogens is 3. The highest BCUT2D eigenvalue weighted by Gasteiger charge is 2.07. The van der Waals surface area contributed by atoms with Crippen molar-refractivity contribution in [2.75, 3.05) is 12.0 Å². The van der Waals surface area contributed by atoms with Gasteiger partial charge in [0, 0.05) is 38.1 Å². The number of hydrogen-bond acceptors (Lipinski definition) is 5. The molecule has 2 heterocycles. The van der Waals surface area contributed by atoms with Crippen molar-refractivity contribution in [3.63, 3.8) is 0 Å². The molecule has 0 saturated heterocycles. The Morgan fingerprint density at radius 1 is 1.42 bits per heavy atom. The minimum Gasteiger partial charge on any atom is -0.350 e. The number of rotatable bonds is 5. The van der Waals surface area contributed by atoms with Gasteiger partial charge < -0.3 is 10.7 Å². The van der Waals surface area contributed by atoms with Crippen LogP contribution in [0.4, 0.5) is 5.69 Å². The predicted molar refractivity (Wildman–Crippen MR) is 71.3 cm³/mol. The molecule has 2 rings (SSSR count). The van der Waals surface area contributed by atoms with E-state index >= 15 is 0 Å². The van der Waals surface area contributed by atoms with Gasteiger partial charge in [0.1, 0.15) is 5.69 Å². The van der Waals surface area contributed by atoms with E-state index in [4.69, 9.17) is 5.84 Å². The Morgan fingerprint density at radius 3 is 2.95 bits per heavy atom. The molecule has 0 bridgehead atoms. The van der Waals surface area contributed by atoms with Crippen LogP contribution >= 0.6 is 0 Å². The van der Waals surface area contributed by atoms with Gasteiger partial charge in [-0.2, -0.15) is 5.10 Å². The Kier molecular flexibility index (Phi) is 4.09. The minimum atomic E-state index is -0.223. The number of nitrogen functional groups attached to an aromatic ring is 1. The maximum absolute atomic E-state index is 11.9. The summed E-state index contributed by atoms with van der Waals surface area (Å²) in [5.74, 6) is 5.06. The molecule has 4 N–H and O–H groups in total. The number of amides is 1. The summed E-state index contributed by atoms with van der Waals surface area (Å²) < 4.78 is 1.78. The lowest BCUT2D eigenvalue weighted by Gasteiger charge is -2.06. The largest absolute Gasteiger partial charge is 0.350 e. The lowest BCUT2D eigenvalue weighted by molar-refractivity contribution is 0.0949. The molecule has 0 radical (unpaired) electrons. The molecule has 1 amide bonds. The highest BCUT2D eigenvalue weighted by molar-refractivity contribution is 5.93. The van der Waals surface area contributed by atoms with Crippen molar-refractivity contribution < 1.29 is 4.79 Å². The second-order valence-corrected chi connectivity index (χ2v) is 4.03. The molecule has 0 fully saturated rings. The van der Waals surface area contributed by atoms with Crippen molar-refractivity contribution >= 4 is 11.6 Å². The van der Waals surface area contributed by atoms with Crippen LogP contribution in [0.2, 0.25) is 0 Å². The van der Waals surface area contributed by atoms with E-state index in [2.05, 4.69) is 20.8 Å². The maximum atomic E-state index is 11.9. The zero-order valence-electron chi connectivity index (χ0n) is 10.6. The van der Waals surface area contributed by atoms with E-state index in [1.54, 1.807) is 23.0 Å². The molecule has 0 atom stereocenters. The predicted octanol–water partition coefficient (Wildman–Crippen LogP) is 0.0732. The Morgan fingerprint density at radius 2 is 2.26 bits per heavy atom. The van der Waals surface area contributed by atoms with Crippen LogP contribution in [0.25, 0.3) is 0 Å². The molecule has 0 aliphatic carbocycles. The van der Waals surface area contributed by atoms with Crippen LogP contribution in [0.1, 0.15) is 16.2 Å². The van der Waals surface area contributed by atoms with Gasteiger partial charge in [0.15, 0.2) is 0 Å². The number of hydrogen-bond donors (Lipinski definition) is 3. The summed E-state index contributed by atoms with van der Waals surface area (Å²) in [6.45, 7) is 0.528. The number of carbonyl (C=O) groups is 1. The number of pyridine rings is 1. The summed E-state index contributed by atoms with van der Waals surface area (Å²) in [6, 6.07) is 5.20. The second kappa shape index (κ2) is 5.96. The third kappa shape index (κ3) is 3.29. The Balaban J connectivity index is 1.89.